The largest absolute Gasteiger partial charge is 0.348 e. The van der Waals surface area contributed by atoms with Crippen LogP contribution >= 0.6 is 0 Å². The number of rotatable bonds is 3. The minimum absolute atomic E-state index is 0.0812. The van der Waals surface area contributed by atoms with Crippen molar-refractivity contribution >= 4 is 17.5 Å². The van der Waals surface area contributed by atoms with Crippen LogP contribution in [0.5, 0.6) is 0 Å². The molecule has 2 heterocycles. The molecule has 25 heavy (non-hydrogen) atoms. The van der Waals surface area contributed by atoms with Crippen LogP contribution in [-0.4, -0.2) is 29.4 Å². The standard InChI is InChI=1S/C20H21N3O2/c24-19(22-16-6-2-3-7-16)17-13-15(9-11-21-17)20(25)23-12-10-14-5-1-4-8-18(14)23/h1,4-5,8-9,11,13,16H,2-3,6-7,10,12H2,(H,22,24). The number of hydrogen-bond donors (Lipinski definition) is 1. The van der Waals surface area contributed by atoms with Gasteiger partial charge in [-0.2, -0.15) is 0 Å². The van der Waals surface area contributed by atoms with Crippen molar-refractivity contribution in [3.05, 3.63) is 59.4 Å². The minimum atomic E-state index is -0.191. The van der Waals surface area contributed by atoms with E-state index in [0.717, 1.165) is 37.8 Å². The molecular formula is C20H21N3O2. The van der Waals surface area contributed by atoms with Gasteiger partial charge in [0.25, 0.3) is 11.8 Å². The Balaban J connectivity index is 1.53. The van der Waals surface area contributed by atoms with Gasteiger partial charge in [0, 0.05) is 30.0 Å². The minimum Gasteiger partial charge on any atom is -0.348 e. The molecule has 0 spiro atoms. The lowest BCUT2D eigenvalue weighted by atomic mass is 10.1. The van der Waals surface area contributed by atoms with Crippen molar-refractivity contribution in [1.29, 1.82) is 0 Å². The molecule has 1 aliphatic carbocycles. The van der Waals surface area contributed by atoms with Crippen LogP contribution in [0.15, 0.2) is 42.6 Å². The first-order valence-electron chi connectivity index (χ1n) is 8.89. The predicted octanol–water partition coefficient (Wildman–Crippen LogP) is 2.96. The Bertz CT molecular complexity index is 812. The summed E-state index contributed by atoms with van der Waals surface area (Å²) in [6.07, 6.45) is 6.77. The molecule has 0 unspecified atom stereocenters. The van der Waals surface area contributed by atoms with E-state index in [-0.39, 0.29) is 17.9 Å². The normalized spacial score (nSPS) is 16.7. The van der Waals surface area contributed by atoms with Gasteiger partial charge < -0.3 is 10.2 Å². The third kappa shape index (κ3) is 3.14. The third-order valence-corrected chi connectivity index (χ3v) is 5.06. The molecule has 5 nitrogen and oxygen atoms in total. The molecule has 5 heteroatoms. The number of carbonyl (C=O) groups is 2. The number of aromatic nitrogens is 1. The number of pyridine rings is 1. The number of para-hydroxylation sites is 1. The van der Waals surface area contributed by atoms with Crippen molar-refractivity contribution in [2.24, 2.45) is 0 Å². The molecule has 1 saturated carbocycles. The Morgan fingerprint density at radius 2 is 1.92 bits per heavy atom. The molecule has 1 aromatic carbocycles. The highest BCUT2D eigenvalue weighted by molar-refractivity contribution is 6.08. The van der Waals surface area contributed by atoms with Crippen molar-refractivity contribution in [3.63, 3.8) is 0 Å². The predicted molar refractivity (Wildman–Crippen MR) is 95.8 cm³/mol. The van der Waals surface area contributed by atoms with Gasteiger partial charge in [-0.3, -0.25) is 14.6 Å². The second-order valence-corrected chi connectivity index (χ2v) is 6.72. The summed E-state index contributed by atoms with van der Waals surface area (Å²) in [6, 6.07) is 11.5. The zero-order valence-corrected chi connectivity index (χ0v) is 14.1. The van der Waals surface area contributed by atoms with E-state index in [9.17, 15) is 9.59 Å². The quantitative estimate of drug-likeness (QED) is 0.938. The number of hydrogen-bond acceptors (Lipinski definition) is 3. The fourth-order valence-electron chi connectivity index (χ4n) is 3.72. The average molecular weight is 335 g/mol. The van der Waals surface area contributed by atoms with Crippen molar-refractivity contribution in [1.82, 2.24) is 10.3 Å². The Morgan fingerprint density at radius 3 is 2.76 bits per heavy atom. The molecule has 1 aliphatic heterocycles. The van der Waals surface area contributed by atoms with Gasteiger partial charge in [-0.25, -0.2) is 0 Å². The maximum Gasteiger partial charge on any atom is 0.270 e. The van der Waals surface area contributed by atoms with E-state index in [1.54, 1.807) is 23.2 Å². The van der Waals surface area contributed by atoms with Gasteiger partial charge in [0.2, 0.25) is 0 Å². The lowest BCUT2D eigenvalue weighted by Crippen LogP contribution is -2.33. The summed E-state index contributed by atoms with van der Waals surface area (Å²) < 4.78 is 0. The Kier molecular flexibility index (Phi) is 4.22. The summed E-state index contributed by atoms with van der Waals surface area (Å²) in [5.74, 6) is -0.273. The van der Waals surface area contributed by atoms with Gasteiger partial charge in [0.15, 0.2) is 0 Å². The van der Waals surface area contributed by atoms with Crippen molar-refractivity contribution in [2.45, 2.75) is 38.1 Å². The lowest BCUT2D eigenvalue weighted by Gasteiger charge is -2.18. The van der Waals surface area contributed by atoms with Gasteiger partial charge in [-0.1, -0.05) is 31.0 Å². The monoisotopic (exact) mass is 335 g/mol. The Morgan fingerprint density at radius 1 is 1.12 bits per heavy atom. The molecule has 1 aromatic heterocycles. The van der Waals surface area contributed by atoms with Gasteiger partial charge in [0.1, 0.15) is 5.69 Å². The highest BCUT2D eigenvalue weighted by Gasteiger charge is 2.26. The van der Waals surface area contributed by atoms with Crippen LogP contribution in [0.2, 0.25) is 0 Å². The van der Waals surface area contributed by atoms with Crippen LogP contribution in [-0.2, 0) is 6.42 Å². The first kappa shape index (κ1) is 15.8. The maximum atomic E-state index is 12.9. The molecular weight excluding hydrogens is 314 g/mol. The topological polar surface area (TPSA) is 62.3 Å². The molecule has 2 amide bonds. The van der Waals surface area contributed by atoms with Crippen LogP contribution in [0.1, 0.15) is 52.1 Å². The summed E-state index contributed by atoms with van der Waals surface area (Å²) in [4.78, 5) is 31.2. The first-order valence-corrected chi connectivity index (χ1v) is 8.89. The number of benzene rings is 1. The summed E-state index contributed by atoms with van der Waals surface area (Å²) in [7, 11) is 0. The summed E-state index contributed by atoms with van der Waals surface area (Å²) in [5, 5.41) is 3.02. The van der Waals surface area contributed by atoms with Crippen molar-refractivity contribution in [2.75, 3.05) is 11.4 Å². The SMILES string of the molecule is O=C(NC1CCCC1)c1cc(C(=O)N2CCc3ccccc32)ccn1. The molecule has 1 N–H and O–H groups in total. The third-order valence-electron chi connectivity index (χ3n) is 5.06. The van der Waals surface area contributed by atoms with Gasteiger partial charge >= 0.3 is 0 Å². The average Bonchev–Trinajstić information content (AvgIpc) is 3.30. The van der Waals surface area contributed by atoms with Crippen LogP contribution in [0.3, 0.4) is 0 Å². The zero-order chi connectivity index (χ0) is 17.2. The van der Waals surface area contributed by atoms with Gasteiger partial charge in [-0.15, -0.1) is 0 Å². The summed E-state index contributed by atoms with van der Waals surface area (Å²) in [6.45, 7) is 0.671. The second-order valence-electron chi connectivity index (χ2n) is 6.72. The van der Waals surface area contributed by atoms with Gasteiger partial charge in [0.05, 0.1) is 0 Å². The Hall–Kier alpha value is -2.69. The molecule has 128 valence electrons. The van der Waals surface area contributed by atoms with E-state index >= 15 is 0 Å². The zero-order valence-electron chi connectivity index (χ0n) is 14.1. The van der Waals surface area contributed by atoms with E-state index in [4.69, 9.17) is 0 Å². The van der Waals surface area contributed by atoms with Crippen molar-refractivity contribution < 1.29 is 9.59 Å². The number of nitrogens with one attached hydrogen (secondary N) is 1. The first-order chi connectivity index (χ1) is 12.2. The smallest absolute Gasteiger partial charge is 0.270 e. The molecule has 0 bridgehead atoms. The fraction of sp³-hybridized carbons (Fsp3) is 0.350. The van der Waals surface area contributed by atoms with Crippen LogP contribution in [0.4, 0.5) is 5.69 Å². The number of amides is 2. The molecule has 4 rings (SSSR count). The molecule has 0 saturated heterocycles. The van der Waals surface area contributed by atoms with E-state index in [0.29, 0.717) is 17.8 Å². The van der Waals surface area contributed by atoms with E-state index in [1.807, 2.05) is 18.2 Å². The molecule has 2 aliphatic rings. The molecule has 1 fully saturated rings. The Labute approximate surface area is 147 Å². The number of nitrogens with zero attached hydrogens (tertiary/aromatic N) is 2. The fourth-order valence-corrected chi connectivity index (χ4v) is 3.72. The van der Waals surface area contributed by atoms with Crippen LogP contribution in [0.25, 0.3) is 0 Å². The highest BCUT2D eigenvalue weighted by Crippen LogP contribution is 2.28. The van der Waals surface area contributed by atoms with E-state index in [2.05, 4.69) is 16.4 Å². The van der Waals surface area contributed by atoms with Crippen molar-refractivity contribution in [3.8, 4) is 0 Å². The number of carbonyl (C=O) groups excluding carboxylic acids is 2. The van der Waals surface area contributed by atoms with Crippen LogP contribution in [0, 0.1) is 0 Å². The highest BCUT2D eigenvalue weighted by atomic mass is 16.2. The molecule has 0 radical (unpaired) electrons. The maximum absolute atomic E-state index is 12.9. The van der Waals surface area contributed by atoms with E-state index in [1.165, 1.54) is 5.56 Å². The second kappa shape index (κ2) is 6.67. The summed E-state index contributed by atoms with van der Waals surface area (Å²) >= 11 is 0. The van der Waals surface area contributed by atoms with Crippen LogP contribution < -0.4 is 10.2 Å². The molecule has 0 atom stereocenters. The van der Waals surface area contributed by atoms with E-state index < -0.39 is 0 Å². The number of anilines is 1. The molecule has 2 aromatic rings. The van der Waals surface area contributed by atoms with Gasteiger partial charge in [-0.05, 0) is 43.0 Å². The lowest BCUT2D eigenvalue weighted by molar-refractivity contribution is 0.0933. The number of fused-ring (bicyclic) bond motifs is 1. The summed E-state index contributed by atoms with van der Waals surface area (Å²) in [5.41, 5.74) is 2.96.